The third-order valence-electron chi connectivity index (χ3n) is 3.97. The summed E-state index contributed by atoms with van der Waals surface area (Å²) in [5.74, 6) is 0.0889. The second-order valence-electron chi connectivity index (χ2n) is 6.05. The second-order valence-corrected chi connectivity index (χ2v) is 6.05. The molecule has 2 N–H and O–H groups in total. The van der Waals surface area contributed by atoms with Gasteiger partial charge in [-0.3, -0.25) is 14.4 Å². The smallest absolute Gasteiger partial charge is 0.306 e. The molecule has 9 nitrogen and oxygen atoms in total. The predicted octanol–water partition coefficient (Wildman–Crippen LogP) is 2.61. The third-order valence-corrected chi connectivity index (χ3v) is 3.97. The SMILES string of the molecule is COc1ccc(NC(=O)CCC(=O)OCC(=O)Nc2cc(OC)ccc2OC)cc1. The van der Waals surface area contributed by atoms with Crippen molar-refractivity contribution in [3.63, 3.8) is 0 Å². The van der Waals surface area contributed by atoms with Gasteiger partial charge in [0.1, 0.15) is 17.2 Å². The fourth-order valence-corrected chi connectivity index (χ4v) is 2.43. The Labute approximate surface area is 174 Å². The Morgan fingerprint density at radius 3 is 2.07 bits per heavy atom. The van der Waals surface area contributed by atoms with E-state index in [2.05, 4.69) is 10.6 Å². The highest BCUT2D eigenvalue weighted by molar-refractivity contribution is 5.95. The number of rotatable bonds is 10. The normalized spacial score (nSPS) is 9.97. The van der Waals surface area contributed by atoms with Gasteiger partial charge in [-0.1, -0.05) is 0 Å². The molecule has 0 heterocycles. The number of amides is 2. The Balaban J connectivity index is 1.74. The van der Waals surface area contributed by atoms with Crippen molar-refractivity contribution in [3.8, 4) is 17.2 Å². The van der Waals surface area contributed by atoms with Crippen LogP contribution in [0.25, 0.3) is 0 Å². The first-order valence-corrected chi connectivity index (χ1v) is 9.06. The maximum absolute atomic E-state index is 12.0. The molecule has 0 aromatic heterocycles. The summed E-state index contributed by atoms with van der Waals surface area (Å²) in [6.07, 6.45) is -0.228. The Morgan fingerprint density at radius 2 is 1.43 bits per heavy atom. The van der Waals surface area contributed by atoms with Gasteiger partial charge in [-0.2, -0.15) is 0 Å². The van der Waals surface area contributed by atoms with Crippen LogP contribution < -0.4 is 24.8 Å². The highest BCUT2D eigenvalue weighted by Crippen LogP contribution is 2.28. The van der Waals surface area contributed by atoms with Gasteiger partial charge in [0.05, 0.1) is 33.4 Å². The predicted molar refractivity (Wildman–Crippen MR) is 110 cm³/mol. The summed E-state index contributed by atoms with van der Waals surface area (Å²) in [5, 5.41) is 5.25. The lowest BCUT2D eigenvalue weighted by atomic mass is 10.2. The van der Waals surface area contributed by atoms with Crippen molar-refractivity contribution in [3.05, 3.63) is 42.5 Å². The summed E-state index contributed by atoms with van der Waals surface area (Å²) in [5.41, 5.74) is 0.970. The standard InChI is InChI=1S/C21H24N2O7/c1-27-15-6-4-14(5-7-15)22-19(24)10-11-21(26)30-13-20(25)23-17-12-16(28-2)8-9-18(17)29-3/h4-9,12H,10-11,13H2,1-3H3,(H,22,24)(H,23,25). The van der Waals surface area contributed by atoms with Gasteiger partial charge < -0.3 is 29.6 Å². The minimum Gasteiger partial charge on any atom is -0.497 e. The number of benzene rings is 2. The fraction of sp³-hybridized carbons (Fsp3) is 0.286. The number of nitrogens with one attached hydrogen (secondary N) is 2. The van der Waals surface area contributed by atoms with Gasteiger partial charge in [0.25, 0.3) is 5.91 Å². The molecule has 0 aliphatic carbocycles. The number of carbonyl (C=O) groups is 3. The minimum atomic E-state index is -0.660. The van der Waals surface area contributed by atoms with Crippen molar-refractivity contribution in [1.82, 2.24) is 0 Å². The van der Waals surface area contributed by atoms with Crippen molar-refractivity contribution < 1.29 is 33.3 Å². The first kappa shape index (κ1) is 22.5. The lowest BCUT2D eigenvalue weighted by Crippen LogP contribution is -2.22. The molecular formula is C21H24N2O7. The molecule has 0 saturated heterocycles. The average Bonchev–Trinajstić information content (AvgIpc) is 2.76. The second kappa shape index (κ2) is 11.3. The van der Waals surface area contributed by atoms with Gasteiger partial charge in [0, 0.05) is 18.2 Å². The topological polar surface area (TPSA) is 112 Å². The Kier molecular flexibility index (Phi) is 8.49. The Hall–Kier alpha value is -3.75. The molecule has 2 rings (SSSR count). The molecule has 0 atom stereocenters. The molecule has 0 fully saturated rings. The zero-order chi connectivity index (χ0) is 21.9. The van der Waals surface area contributed by atoms with Crippen LogP contribution in [-0.4, -0.2) is 45.7 Å². The van der Waals surface area contributed by atoms with Crippen LogP contribution in [0.1, 0.15) is 12.8 Å². The van der Waals surface area contributed by atoms with Crippen LogP contribution in [0.2, 0.25) is 0 Å². The minimum absolute atomic E-state index is 0.0732. The van der Waals surface area contributed by atoms with E-state index in [-0.39, 0.29) is 18.7 Å². The molecule has 0 aliphatic heterocycles. The van der Waals surface area contributed by atoms with E-state index in [1.807, 2.05) is 0 Å². The number of hydrogen-bond donors (Lipinski definition) is 2. The summed E-state index contributed by atoms with van der Waals surface area (Å²) in [6.45, 7) is -0.487. The van der Waals surface area contributed by atoms with E-state index in [9.17, 15) is 14.4 Å². The molecule has 0 spiro atoms. The van der Waals surface area contributed by atoms with Gasteiger partial charge in [-0.15, -0.1) is 0 Å². The molecule has 2 amide bonds. The van der Waals surface area contributed by atoms with Crippen LogP contribution in [-0.2, 0) is 19.1 Å². The van der Waals surface area contributed by atoms with Gasteiger partial charge in [-0.05, 0) is 36.4 Å². The molecule has 0 saturated carbocycles. The molecule has 0 aliphatic rings. The zero-order valence-electron chi connectivity index (χ0n) is 17.0. The van der Waals surface area contributed by atoms with Crippen LogP contribution >= 0.6 is 0 Å². The Bertz CT molecular complexity index is 881. The van der Waals surface area contributed by atoms with Crippen molar-refractivity contribution in [2.45, 2.75) is 12.8 Å². The van der Waals surface area contributed by atoms with Crippen molar-refractivity contribution in [1.29, 1.82) is 0 Å². The first-order valence-electron chi connectivity index (χ1n) is 9.06. The summed E-state index contributed by atoms with van der Waals surface area (Å²) < 4.78 is 20.2. The van der Waals surface area contributed by atoms with E-state index in [0.717, 1.165) is 0 Å². The van der Waals surface area contributed by atoms with Gasteiger partial charge in [-0.25, -0.2) is 0 Å². The Morgan fingerprint density at radius 1 is 0.767 bits per heavy atom. The molecule has 30 heavy (non-hydrogen) atoms. The molecule has 2 aromatic carbocycles. The molecule has 160 valence electrons. The molecule has 0 bridgehead atoms. The summed E-state index contributed by atoms with van der Waals surface area (Å²) in [6, 6.07) is 11.7. The molecule has 0 radical (unpaired) electrons. The van der Waals surface area contributed by atoms with E-state index >= 15 is 0 Å². The number of carbonyl (C=O) groups excluding carboxylic acids is 3. The lowest BCUT2D eigenvalue weighted by Gasteiger charge is -2.12. The third kappa shape index (κ3) is 7.01. The first-order chi connectivity index (χ1) is 14.4. The molecule has 0 unspecified atom stereocenters. The van der Waals surface area contributed by atoms with E-state index in [1.165, 1.54) is 14.2 Å². The summed E-state index contributed by atoms with van der Waals surface area (Å²) in [7, 11) is 4.52. The van der Waals surface area contributed by atoms with Crippen LogP contribution in [0, 0.1) is 0 Å². The van der Waals surface area contributed by atoms with Gasteiger partial charge >= 0.3 is 5.97 Å². The zero-order valence-corrected chi connectivity index (χ0v) is 17.0. The van der Waals surface area contributed by atoms with E-state index in [4.69, 9.17) is 18.9 Å². The number of hydrogen-bond acceptors (Lipinski definition) is 7. The van der Waals surface area contributed by atoms with Crippen molar-refractivity contribution >= 4 is 29.2 Å². The monoisotopic (exact) mass is 416 g/mol. The van der Waals surface area contributed by atoms with Crippen LogP contribution in [0.15, 0.2) is 42.5 Å². The molecular weight excluding hydrogens is 392 g/mol. The average molecular weight is 416 g/mol. The van der Waals surface area contributed by atoms with Crippen LogP contribution in [0.4, 0.5) is 11.4 Å². The number of ether oxygens (including phenoxy) is 4. The van der Waals surface area contributed by atoms with Crippen molar-refractivity contribution in [2.24, 2.45) is 0 Å². The van der Waals surface area contributed by atoms with Gasteiger partial charge in [0.15, 0.2) is 6.61 Å². The van der Waals surface area contributed by atoms with Crippen LogP contribution in [0.3, 0.4) is 0 Å². The quantitative estimate of drug-likeness (QED) is 0.573. The van der Waals surface area contributed by atoms with Crippen molar-refractivity contribution in [2.75, 3.05) is 38.6 Å². The number of anilines is 2. The van der Waals surface area contributed by atoms with Gasteiger partial charge in [0.2, 0.25) is 5.91 Å². The molecule has 2 aromatic rings. The fourth-order valence-electron chi connectivity index (χ4n) is 2.43. The maximum Gasteiger partial charge on any atom is 0.306 e. The van der Waals surface area contributed by atoms with E-state index in [0.29, 0.717) is 28.6 Å². The summed E-state index contributed by atoms with van der Waals surface area (Å²) in [4.78, 5) is 35.8. The number of methoxy groups -OCH3 is 3. The maximum atomic E-state index is 12.0. The van der Waals surface area contributed by atoms with Crippen LogP contribution in [0.5, 0.6) is 17.2 Å². The number of esters is 1. The largest absolute Gasteiger partial charge is 0.497 e. The van der Waals surface area contributed by atoms with E-state index < -0.39 is 18.5 Å². The summed E-state index contributed by atoms with van der Waals surface area (Å²) >= 11 is 0. The lowest BCUT2D eigenvalue weighted by molar-refractivity contribution is -0.147. The highest BCUT2D eigenvalue weighted by atomic mass is 16.5. The molecule has 9 heteroatoms. The van der Waals surface area contributed by atoms with E-state index in [1.54, 1.807) is 49.6 Å². The highest BCUT2D eigenvalue weighted by Gasteiger charge is 2.13.